The van der Waals surface area contributed by atoms with Crippen LogP contribution in [0.2, 0.25) is 0 Å². The molecule has 0 spiro atoms. The maximum absolute atomic E-state index is 10.6. The molecule has 0 aliphatic rings. The Morgan fingerprint density at radius 3 is 2.73 bits per heavy atom. The summed E-state index contributed by atoms with van der Waals surface area (Å²) in [5.41, 5.74) is 0. The van der Waals surface area contributed by atoms with Gasteiger partial charge in [0, 0.05) is 4.88 Å². The monoisotopic (exact) mass is 248 g/mol. The third kappa shape index (κ3) is 6.65. The van der Waals surface area contributed by atoms with Crippen molar-refractivity contribution in [1.82, 2.24) is 0 Å². The third-order valence-corrected chi connectivity index (χ3v) is 3.48. The van der Waals surface area contributed by atoms with Gasteiger partial charge in [0.25, 0.3) is 10.1 Å². The molecule has 0 amide bonds. The average Bonchev–Trinajstić information content (AvgIpc) is 2.61. The minimum absolute atomic E-state index is 0.309. The minimum Gasteiger partial charge on any atom is -0.270 e. The van der Waals surface area contributed by atoms with E-state index in [-0.39, 0.29) is 0 Å². The number of thiophene rings is 1. The van der Waals surface area contributed by atoms with E-state index in [1.54, 1.807) is 11.3 Å². The van der Waals surface area contributed by atoms with Crippen LogP contribution in [0.25, 0.3) is 0 Å². The molecule has 86 valence electrons. The molecule has 1 heterocycles. The van der Waals surface area contributed by atoms with Crippen LogP contribution in [0.5, 0.6) is 0 Å². The van der Waals surface area contributed by atoms with E-state index in [0.717, 1.165) is 31.9 Å². The Kier molecular flexibility index (Phi) is 5.28. The summed E-state index contributed by atoms with van der Waals surface area (Å²) in [6.45, 7) is 0.309. The van der Waals surface area contributed by atoms with Crippen molar-refractivity contribution in [2.45, 2.75) is 25.7 Å². The zero-order valence-corrected chi connectivity index (χ0v) is 10.4. The summed E-state index contributed by atoms with van der Waals surface area (Å²) >= 11 is 1.76. The van der Waals surface area contributed by atoms with Gasteiger partial charge in [-0.25, -0.2) is 0 Å². The van der Waals surface area contributed by atoms with Crippen LogP contribution in [0.4, 0.5) is 0 Å². The van der Waals surface area contributed by atoms with E-state index >= 15 is 0 Å². The van der Waals surface area contributed by atoms with E-state index in [1.165, 1.54) is 4.88 Å². The smallest absolute Gasteiger partial charge is 0.264 e. The number of hydrogen-bond acceptors (Lipinski definition) is 4. The summed E-state index contributed by atoms with van der Waals surface area (Å²) in [6.07, 6.45) is 5.06. The molecule has 0 bridgehead atoms. The fourth-order valence-corrected chi connectivity index (χ4v) is 2.42. The van der Waals surface area contributed by atoms with E-state index in [1.807, 2.05) is 6.07 Å². The van der Waals surface area contributed by atoms with E-state index in [4.69, 9.17) is 0 Å². The van der Waals surface area contributed by atoms with Crippen molar-refractivity contribution < 1.29 is 12.6 Å². The predicted octanol–water partition coefficient (Wildman–Crippen LogP) is 2.44. The van der Waals surface area contributed by atoms with Crippen LogP contribution in [-0.2, 0) is 20.7 Å². The van der Waals surface area contributed by atoms with Gasteiger partial charge in [-0.05, 0) is 30.7 Å². The Morgan fingerprint density at radius 1 is 1.33 bits per heavy atom. The summed E-state index contributed by atoms with van der Waals surface area (Å²) < 4.78 is 25.9. The van der Waals surface area contributed by atoms with Gasteiger partial charge < -0.3 is 0 Å². The maximum atomic E-state index is 10.6. The Morgan fingerprint density at radius 2 is 2.13 bits per heavy atom. The number of hydrogen-bond donors (Lipinski definition) is 0. The Labute approximate surface area is 95.2 Å². The van der Waals surface area contributed by atoms with Gasteiger partial charge in [0.15, 0.2) is 0 Å². The second kappa shape index (κ2) is 6.25. The first-order valence-electron chi connectivity index (χ1n) is 4.95. The lowest BCUT2D eigenvalue weighted by atomic mass is 10.2. The van der Waals surface area contributed by atoms with Crippen LogP contribution in [0.15, 0.2) is 17.5 Å². The molecule has 0 fully saturated rings. The van der Waals surface area contributed by atoms with Gasteiger partial charge in [-0.3, -0.25) is 4.18 Å². The second-order valence-corrected chi connectivity index (χ2v) is 6.09. The zero-order valence-electron chi connectivity index (χ0n) is 8.81. The van der Waals surface area contributed by atoms with E-state index in [9.17, 15) is 8.42 Å². The van der Waals surface area contributed by atoms with Crippen molar-refractivity contribution in [3.8, 4) is 0 Å². The molecule has 0 saturated heterocycles. The molecule has 0 aromatic carbocycles. The standard InChI is InChI=1S/C10H16O3S2/c1-15(11,12)13-8-4-2-3-6-10-7-5-9-14-10/h5,7,9H,2-4,6,8H2,1H3. The lowest BCUT2D eigenvalue weighted by molar-refractivity contribution is 0.310. The molecule has 0 unspecified atom stereocenters. The SMILES string of the molecule is CS(=O)(=O)OCCCCCc1cccs1. The molecule has 1 aromatic rings. The summed E-state index contributed by atoms with van der Waals surface area (Å²) in [5.74, 6) is 0. The average molecular weight is 248 g/mol. The van der Waals surface area contributed by atoms with Crippen molar-refractivity contribution >= 4 is 21.5 Å². The Bertz CT molecular complexity index is 354. The molecule has 0 saturated carbocycles. The van der Waals surface area contributed by atoms with Crippen LogP contribution in [-0.4, -0.2) is 21.3 Å². The molecule has 1 aromatic heterocycles. The summed E-state index contributed by atoms with van der Waals surface area (Å²) in [4.78, 5) is 1.39. The van der Waals surface area contributed by atoms with Gasteiger partial charge in [0.1, 0.15) is 0 Å². The normalized spacial score (nSPS) is 11.8. The van der Waals surface area contributed by atoms with Gasteiger partial charge in [-0.2, -0.15) is 8.42 Å². The molecule has 15 heavy (non-hydrogen) atoms. The van der Waals surface area contributed by atoms with E-state index in [0.29, 0.717) is 6.61 Å². The summed E-state index contributed by atoms with van der Waals surface area (Å²) in [7, 11) is -3.25. The molecule has 0 radical (unpaired) electrons. The van der Waals surface area contributed by atoms with Gasteiger partial charge in [-0.15, -0.1) is 11.3 Å². The fraction of sp³-hybridized carbons (Fsp3) is 0.600. The fourth-order valence-electron chi connectivity index (χ4n) is 1.24. The molecule has 3 nitrogen and oxygen atoms in total. The molecule has 5 heteroatoms. The first kappa shape index (κ1) is 12.7. The van der Waals surface area contributed by atoms with Crippen molar-refractivity contribution in [2.24, 2.45) is 0 Å². The Balaban J connectivity index is 1.99. The van der Waals surface area contributed by atoms with Crippen LogP contribution >= 0.6 is 11.3 Å². The Hall–Kier alpha value is -0.390. The molecular formula is C10H16O3S2. The van der Waals surface area contributed by atoms with Crippen LogP contribution in [0, 0.1) is 0 Å². The van der Waals surface area contributed by atoms with Gasteiger partial charge in [-0.1, -0.05) is 12.5 Å². The molecule has 0 atom stereocenters. The van der Waals surface area contributed by atoms with Crippen molar-refractivity contribution in [3.05, 3.63) is 22.4 Å². The van der Waals surface area contributed by atoms with Crippen LogP contribution in [0.1, 0.15) is 24.1 Å². The predicted molar refractivity (Wildman–Crippen MR) is 62.7 cm³/mol. The lowest BCUT2D eigenvalue weighted by Gasteiger charge is -2.00. The summed E-state index contributed by atoms with van der Waals surface area (Å²) in [5, 5.41) is 2.07. The topological polar surface area (TPSA) is 43.4 Å². The van der Waals surface area contributed by atoms with E-state index in [2.05, 4.69) is 15.6 Å². The molecular weight excluding hydrogens is 232 g/mol. The molecule has 1 rings (SSSR count). The number of rotatable bonds is 7. The lowest BCUT2D eigenvalue weighted by Crippen LogP contribution is -2.03. The van der Waals surface area contributed by atoms with Crippen molar-refractivity contribution in [2.75, 3.05) is 12.9 Å². The van der Waals surface area contributed by atoms with Gasteiger partial charge in [0.2, 0.25) is 0 Å². The number of unbranched alkanes of at least 4 members (excludes halogenated alkanes) is 2. The highest BCUT2D eigenvalue weighted by molar-refractivity contribution is 7.85. The summed E-state index contributed by atoms with van der Waals surface area (Å²) in [6, 6.07) is 4.17. The minimum atomic E-state index is -3.25. The molecule has 0 N–H and O–H groups in total. The maximum Gasteiger partial charge on any atom is 0.264 e. The number of aryl methyl sites for hydroxylation is 1. The highest BCUT2D eigenvalue weighted by atomic mass is 32.2. The van der Waals surface area contributed by atoms with Gasteiger partial charge >= 0.3 is 0 Å². The van der Waals surface area contributed by atoms with Crippen molar-refractivity contribution in [3.63, 3.8) is 0 Å². The van der Waals surface area contributed by atoms with Gasteiger partial charge in [0.05, 0.1) is 12.9 Å². The first-order chi connectivity index (χ1) is 7.08. The highest BCUT2D eigenvalue weighted by Gasteiger charge is 2.00. The van der Waals surface area contributed by atoms with Crippen LogP contribution in [0.3, 0.4) is 0 Å². The van der Waals surface area contributed by atoms with Crippen LogP contribution < -0.4 is 0 Å². The quantitative estimate of drug-likeness (QED) is 0.550. The third-order valence-electron chi connectivity index (χ3n) is 1.95. The zero-order chi connectivity index (χ0) is 11.1. The van der Waals surface area contributed by atoms with Crippen molar-refractivity contribution in [1.29, 1.82) is 0 Å². The second-order valence-electron chi connectivity index (χ2n) is 3.42. The largest absolute Gasteiger partial charge is 0.270 e. The highest BCUT2D eigenvalue weighted by Crippen LogP contribution is 2.12. The molecule has 0 aliphatic heterocycles. The van der Waals surface area contributed by atoms with E-state index < -0.39 is 10.1 Å². The molecule has 0 aliphatic carbocycles. The first-order valence-corrected chi connectivity index (χ1v) is 7.64.